The summed E-state index contributed by atoms with van der Waals surface area (Å²) >= 11 is 0. The van der Waals surface area contributed by atoms with Crippen molar-refractivity contribution in [2.45, 2.75) is 26.4 Å². The number of nitrogens with one attached hydrogen (secondary N) is 1. The first-order valence-corrected chi connectivity index (χ1v) is 5.66. The zero-order valence-electron chi connectivity index (χ0n) is 9.99. The van der Waals surface area contributed by atoms with Crippen LogP contribution in [0.15, 0.2) is 24.4 Å². The third-order valence-electron chi connectivity index (χ3n) is 3.14. The molecule has 0 aliphatic rings. The maximum absolute atomic E-state index is 9.56. The van der Waals surface area contributed by atoms with Gasteiger partial charge in [0.05, 0.1) is 0 Å². The summed E-state index contributed by atoms with van der Waals surface area (Å²) in [5, 5.41) is 13.9. The van der Waals surface area contributed by atoms with Crippen molar-refractivity contribution in [2.24, 2.45) is 0 Å². The van der Waals surface area contributed by atoms with Crippen LogP contribution in [0.2, 0.25) is 0 Å². The fraction of sp³-hybridized carbons (Fsp3) is 0.385. The first-order chi connectivity index (χ1) is 7.67. The summed E-state index contributed by atoms with van der Waals surface area (Å²) in [5.41, 5.74) is 2.41. The summed E-state index contributed by atoms with van der Waals surface area (Å²) in [5.74, 6) is 0.325. The van der Waals surface area contributed by atoms with E-state index in [-0.39, 0.29) is 6.04 Å². The second-order valence-corrected chi connectivity index (χ2v) is 4.08. The lowest BCUT2D eigenvalue weighted by Gasteiger charge is -2.08. The Bertz CT molecular complexity index is 502. The van der Waals surface area contributed by atoms with Crippen LogP contribution in [0.5, 0.6) is 5.75 Å². The van der Waals surface area contributed by atoms with E-state index in [1.807, 2.05) is 19.2 Å². The van der Waals surface area contributed by atoms with Crippen LogP contribution in [0.25, 0.3) is 10.9 Å². The lowest BCUT2D eigenvalue weighted by molar-refractivity contribution is 0.476. The first-order valence-electron chi connectivity index (χ1n) is 5.66. The Hall–Kier alpha value is -1.48. The average molecular weight is 218 g/mol. The van der Waals surface area contributed by atoms with Crippen LogP contribution < -0.4 is 5.32 Å². The smallest absolute Gasteiger partial charge is 0.116 e. The van der Waals surface area contributed by atoms with Gasteiger partial charge in [-0.3, -0.25) is 0 Å². The van der Waals surface area contributed by atoms with E-state index in [0.29, 0.717) is 5.75 Å². The van der Waals surface area contributed by atoms with Crippen LogP contribution in [0.4, 0.5) is 0 Å². The van der Waals surface area contributed by atoms with Crippen LogP contribution >= 0.6 is 0 Å². The monoisotopic (exact) mass is 218 g/mol. The summed E-state index contributed by atoms with van der Waals surface area (Å²) in [6.07, 6.45) is 2.16. The van der Waals surface area contributed by atoms with Crippen LogP contribution in [-0.4, -0.2) is 16.7 Å². The number of hydrogen-bond donors (Lipinski definition) is 2. The van der Waals surface area contributed by atoms with Crippen LogP contribution in [0.1, 0.15) is 25.5 Å². The van der Waals surface area contributed by atoms with Gasteiger partial charge in [-0.25, -0.2) is 0 Å². The molecule has 2 N–H and O–H groups in total. The van der Waals surface area contributed by atoms with Crippen LogP contribution in [-0.2, 0) is 6.54 Å². The van der Waals surface area contributed by atoms with Gasteiger partial charge >= 0.3 is 0 Å². The summed E-state index contributed by atoms with van der Waals surface area (Å²) in [4.78, 5) is 0. The number of aryl methyl sites for hydroxylation is 1. The lowest BCUT2D eigenvalue weighted by atomic mass is 10.1. The quantitative estimate of drug-likeness (QED) is 0.831. The summed E-state index contributed by atoms with van der Waals surface area (Å²) in [6, 6.07) is 5.84. The molecule has 86 valence electrons. The number of rotatable bonds is 3. The second kappa shape index (κ2) is 4.18. The number of aromatic hydroxyl groups is 1. The number of nitrogens with zero attached hydrogens (tertiary/aromatic N) is 1. The third-order valence-corrected chi connectivity index (χ3v) is 3.14. The fourth-order valence-electron chi connectivity index (χ4n) is 2.07. The van der Waals surface area contributed by atoms with Crippen molar-refractivity contribution in [3.8, 4) is 5.75 Å². The van der Waals surface area contributed by atoms with E-state index < -0.39 is 0 Å². The topological polar surface area (TPSA) is 37.2 Å². The van der Waals surface area contributed by atoms with Gasteiger partial charge in [0.1, 0.15) is 5.75 Å². The van der Waals surface area contributed by atoms with Gasteiger partial charge in [-0.15, -0.1) is 0 Å². The SMILES string of the molecule is CCn1cc(C(C)NC)c2cc(O)ccc21. The molecular weight excluding hydrogens is 200 g/mol. The van der Waals surface area contributed by atoms with Crippen molar-refractivity contribution in [3.63, 3.8) is 0 Å². The van der Waals surface area contributed by atoms with Gasteiger partial charge in [-0.05, 0) is 44.7 Å². The molecule has 1 aromatic carbocycles. The van der Waals surface area contributed by atoms with E-state index in [4.69, 9.17) is 0 Å². The molecule has 16 heavy (non-hydrogen) atoms. The average Bonchev–Trinajstić information content (AvgIpc) is 2.66. The number of benzene rings is 1. The minimum atomic E-state index is 0.289. The molecule has 1 heterocycles. The Balaban J connectivity index is 2.68. The van der Waals surface area contributed by atoms with Gasteiger partial charge in [-0.1, -0.05) is 0 Å². The van der Waals surface area contributed by atoms with E-state index in [1.54, 1.807) is 6.07 Å². The molecule has 0 spiro atoms. The summed E-state index contributed by atoms with van der Waals surface area (Å²) < 4.78 is 2.21. The Kier molecular flexibility index (Phi) is 2.88. The highest BCUT2D eigenvalue weighted by Crippen LogP contribution is 2.29. The van der Waals surface area contributed by atoms with Crippen molar-refractivity contribution in [1.82, 2.24) is 9.88 Å². The normalized spacial score (nSPS) is 13.2. The summed E-state index contributed by atoms with van der Waals surface area (Å²) in [7, 11) is 1.95. The predicted molar refractivity (Wildman–Crippen MR) is 66.8 cm³/mol. The maximum atomic E-state index is 9.56. The highest BCUT2D eigenvalue weighted by molar-refractivity contribution is 5.85. The van der Waals surface area contributed by atoms with Crippen LogP contribution in [0.3, 0.4) is 0 Å². The zero-order chi connectivity index (χ0) is 11.7. The van der Waals surface area contributed by atoms with Gasteiger partial charge in [0.25, 0.3) is 0 Å². The molecule has 0 saturated carbocycles. The van der Waals surface area contributed by atoms with Crippen molar-refractivity contribution in [2.75, 3.05) is 7.05 Å². The second-order valence-electron chi connectivity index (χ2n) is 4.08. The molecule has 3 heteroatoms. The van der Waals surface area contributed by atoms with Crippen molar-refractivity contribution in [1.29, 1.82) is 0 Å². The van der Waals surface area contributed by atoms with Crippen molar-refractivity contribution >= 4 is 10.9 Å². The molecule has 3 nitrogen and oxygen atoms in total. The Morgan fingerprint density at radius 1 is 1.44 bits per heavy atom. The lowest BCUT2D eigenvalue weighted by Crippen LogP contribution is -2.11. The fourth-order valence-corrected chi connectivity index (χ4v) is 2.07. The molecule has 0 aliphatic carbocycles. The number of aromatic nitrogens is 1. The molecule has 0 saturated heterocycles. The number of fused-ring (bicyclic) bond motifs is 1. The maximum Gasteiger partial charge on any atom is 0.116 e. The van der Waals surface area contributed by atoms with Crippen molar-refractivity contribution < 1.29 is 5.11 Å². The molecule has 0 amide bonds. The predicted octanol–water partition coefficient (Wildman–Crippen LogP) is 2.65. The minimum Gasteiger partial charge on any atom is -0.508 e. The molecule has 1 atom stereocenters. The van der Waals surface area contributed by atoms with E-state index in [0.717, 1.165) is 11.9 Å². The first kappa shape index (κ1) is 11.0. The standard InChI is InChI=1S/C13H18N2O/c1-4-15-8-12(9(2)14-3)11-7-10(16)5-6-13(11)15/h5-9,14,16H,4H2,1-3H3. The zero-order valence-corrected chi connectivity index (χ0v) is 9.99. The molecule has 0 aliphatic heterocycles. The molecule has 1 unspecified atom stereocenters. The van der Waals surface area contributed by atoms with Crippen LogP contribution in [0, 0.1) is 0 Å². The molecule has 0 fully saturated rings. The van der Waals surface area contributed by atoms with E-state index in [1.165, 1.54) is 11.1 Å². The number of phenolic OH excluding ortho intramolecular Hbond substituents is 1. The third kappa shape index (κ3) is 1.67. The Morgan fingerprint density at radius 2 is 2.19 bits per heavy atom. The molecule has 1 aromatic heterocycles. The molecular formula is C13H18N2O. The minimum absolute atomic E-state index is 0.289. The van der Waals surface area contributed by atoms with Gasteiger partial charge in [-0.2, -0.15) is 0 Å². The molecule has 0 bridgehead atoms. The molecule has 0 radical (unpaired) electrons. The number of phenols is 1. The number of hydrogen-bond acceptors (Lipinski definition) is 2. The van der Waals surface area contributed by atoms with Crippen molar-refractivity contribution in [3.05, 3.63) is 30.0 Å². The Morgan fingerprint density at radius 3 is 2.81 bits per heavy atom. The van der Waals surface area contributed by atoms with Gasteiger partial charge in [0.2, 0.25) is 0 Å². The molecule has 2 aromatic rings. The van der Waals surface area contributed by atoms with E-state index >= 15 is 0 Å². The van der Waals surface area contributed by atoms with E-state index in [2.05, 4.69) is 29.9 Å². The van der Waals surface area contributed by atoms with Gasteiger partial charge in [0.15, 0.2) is 0 Å². The van der Waals surface area contributed by atoms with E-state index in [9.17, 15) is 5.11 Å². The Labute approximate surface area is 95.7 Å². The highest BCUT2D eigenvalue weighted by Gasteiger charge is 2.12. The van der Waals surface area contributed by atoms with Gasteiger partial charge in [0, 0.05) is 29.7 Å². The molecule has 2 rings (SSSR count). The van der Waals surface area contributed by atoms with Gasteiger partial charge < -0.3 is 15.0 Å². The summed E-state index contributed by atoms with van der Waals surface area (Å²) in [6.45, 7) is 5.19. The largest absolute Gasteiger partial charge is 0.508 e. The highest BCUT2D eigenvalue weighted by atomic mass is 16.3.